The van der Waals surface area contributed by atoms with E-state index in [1.807, 2.05) is 165 Å². The average Bonchev–Trinajstić information content (AvgIpc) is 3.39. The Hall–Kier alpha value is -5.83. The maximum atomic E-state index is 14.1. The van der Waals surface area contributed by atoms with E-state index < -0.39 is 67.4 Å². The molecule has 2 aliphatic heterocycles. The highest BCUT2D eigenvalue weighted by atomic mass is 16.8. The number of carbonyl (C=O) groups excluding carboxylic acids is 1. The van der Waals surface area contributed by atoms with Gasteiger partial charge in [-0.25, -0.2) is 4.79 Å². The largest absolute Gasteiger partial charge is 0.450 e. The van der Waals surface area contributed by atoms with E-state index >= 15 is 0 Å². The Morgan fingerprint density at radius 1 is 0.471 bits per heavy atom. The predicted molar refractivity (Wildman–Crippen MR) is 256 cm³/mol. The van der Waals surface area contributed by atoms with E-state index in [0.717, 1.165) is 27.8 Å². The van der Waals surface area contributed by atoms with Gasteiger partial charge in [-0.2, -0.15) is 0 Å². The summed E-state index contributed by atoms with van der Waals surface area (Å²) in [6.07, 6.45) is -7.44. The van der Waals surface area contributed by atoms with Crippen molar-refractivity contribution in [3.63, 3.8) is 0 Å². The molecule has 0 radical (unpaired) electrons. The van der Waals surface area contributed by atoms with Crippen molar-refractivity contribution in [3.05, 3.63) is 228 Å². The van der Waals surface area contributed by atoms with Gasteiger partial charge in [-0.15, -0.1) is 6.58 Å². The van der Waals surface area contributed by atoms with Crippen LogP contribution in [0.3, 0.4) is 0 Å². The molecule has 2 fully saturated rings. The van der Waals surface area contributed by atoms with Crippen molar-refractivity contribution in [2.24, 2.45) is 0 Å². The summed E-state index contributed by atoms with van der Waals surface area (Å²) >= 11 is 0. The minimum absolute atomic E-state index is 0.110. The van der Waals surface area contributed by atoms with Crippen LogP contribution in [0.25, 0.3) is 0 Å². The molecule has 0 aliphatic carbocycles. The topological polar surface area (TPSA) is 109 Å². The quantitative estimate of drug-likeness (QED) is 0.0453. The van der Waals surface area contributed by atoms with E-state index in [9.17, 15) is 4.79 Å². The Labute approximate surface area is 399 Å². The lowest BCUT2D eigenvalue weighted by Crippen LogP contribution is -2.66. The molecule has 0 unspecified atom stereocenters. The lowest BCUT2D eigenvalue weighted by Gasteiger charge is -2.49. The van der Waals surface area contributed by atoms with Crippen molar-refractivity contribution >= 4 is 5.97 Å². The van der Waals surface area contributed by atoms with E-state index in [2.05, 4.69) is 6.58 Å². The molecule has 68 heavy (non-hydrogen) atoms. The summed E-state index contributed by atoms with van der Waals surface area (Å²) < 4.78 is 67.8. The van der Waals surface area contributed by atoms with Crippen LogP contribution in [-0.4, -0.2) is 80.6 Å². The average molecular weight is 921 g/mol. The SMILES string of the molecule is C=CCO[C@@H]1O[C@@H](C)[C@H](OCc2ccccc2)[C@@H](O[C@H]2O[C@H](COCc3ccccc3)[C@@H](OCc3ccccc3)[C@H](OCc3ccccc3)[C@H]2OCc2ccccc2)[C@H]1OC(=O)c1ccccc1. The van der Waals surface area contributed by atoms with Crippen molar-refractivity contribution in [2.45, 2.75) is 101 Å². The normalized spacial score (nSPS) is 24.8. The zero-order valence-electron chi connectivity index (χ0n) is 38.3. The van der Waals surface area contributed by atoms with E-state index in [0.29, 0.717) is 12.2 Å². The molecule has 0 saturated carbocycles. The minimum Gasteiger partial charge on any atom is -0.450 e. The molecule has 11 nitrogen and oxygen atoms in total. The highest BCUT2D eigenvalue weighted by Gasteiger charge is 2.55. The van der Waals surface area contributed by atoms with Crippen LogP contribution in [0.2, 0.25) is 0 Å². The second kappa shape index (κ2) is 25.5. The van der Waals surface area contributed by atoms with Crippen molar-refractivity contribution in [1.82, 2.24) is 0 Å². The molecule has 0 aromatic heterocycles. The maximum Gasteiger partial charge on any atom is 0.338 e. The molecule has 8 rings (SSSR count). The Morgan fingerprint density at radius 2 is 0.897 bits per heavy atom. The first-order chi connectivity index (χ1) is 33.5. The smallest absolute Gasteiger partial charge is 0.338 e. The van der Waals surface area contributed by atoms with Gasteiger partial charge in [0.2, 0.25) is 0 Å². The van der Waals surface area contributed by atoms with Crippen molar-refractivity contribution in [2.75, 3.05) is 13.2 Å². The van der Waals surface area contributed by atoms with Crippen LogP contribution in [0.1, 0.15) is 45.1 Å². The summed E-state index contributed by atoms with van der Waals surface area (Å²) in [6.45, 7) is 7.20. The van der Waals surface area contributed by atoms with Gasteiger partial charge >= 0.3 is 5.97 Å². The number of esters is 1. The maximum absolute atomic E-state index is 14.1. The molecule has 10 atom stereocenters. The predicted octanol–water partition coefficient (Wildman–Crippen LogP) is 9.83. The lowest BCUT2D eigenvalue weighted by atomic mass is 9.96. The molecule has 6 aromatic carbocycles. The summed E-state index contributed by atoms with van der Waals surface area (Å²) in [6, 6.07) is 58.3. The number of rotatable bonds is 23. The van der Waals surface area contributed by atoms with Crippen LogP contribution in [0.5, 0.6) is 0 Å². The van der Waals surface area contributed by atoms with Gasteiger partial charge in [0.15, 0.2) is 18.7 Å². The molecule has 2 aliphatic rings. The summed E-state index contributed by atoms with van der Waals surface area (Å²) in [4.78, 5) is 14.1. The lowest BCUT2D eigenvalue weighted by molar-refractivity contribution is -0.370. The molecule has 354 valence electrons. The molecule has 0 amide bonds. The van der Waals surface area contributed by atoms with E-state index in [4.69, 9.17) is 47.4 Å². The van der Waals surface area contributed by atoms with Gasteiger partial charge in [-0.1, -0.05) is 176 Å². The van der Waals surface area contributed by atoms with Crippen molar-refractivity contribution in [1.29, 1.82) is 0 Å². The van der Waals surface area contributed by atoms with Gasteiger partial charge in [-0.3, -0.25) is 0 Å². The first-order valence-electron chi connectivity index (χ1n) is 23.2. The number of carbonyl (C=O) groups is 1. The standard InChI is InChI=1S/C57H60O11/c1-3-34-60-56-54(67-55(58)47-32-20-9-21-33-47)52(49(41(2)65-56)61-36-43-24-12-5-13-25-43)68-57-53(64-39-46-30-18-8-19-31-46)51(63-38-45-28-16-7-17-29-45)50(62-37-44-26-14-6-15-27-44)48(66-57)40-59-35-42-22-10-4-11-23-42/h3-33,41,48-54,56-57H,1,34-40H2,2H3/t41-,48+,49-,50+,51-,52+,53+,54+,56+,57+/m0/s1. The fourth-order valence-electron chi connectivity index (χ4n) is 8.32. The fraction of sp³-hybridized carbons (Fsp3) is 0.316. The molecule has 2 heterocycles. The number of ether oxygens (including phenoxy) is 10. The molecular formula is C57H60O11. The summed E-state index contributed by atoms with van der Waals surface area (Å²) in [5.41, 5.74) is 5.14. The molecular weight excluding hydrogens is 861 g/mol. The number of benzene rings is 6. The monoisotopic (exact) mass is 920 g/mol. The Kier molecular flexibility index (Phi) is 18.2. The second-order valence-electron chi connectivity index (χ2n) is 16.8. The van der Waals surface area contributed by atoms with Gasteiger partial charge in [0, 0.05) is 0 Å². The molecule has 2 saturated heterocycles. The van der Waals surface area contributed by atoms with Gasteiger partial charge in [0.25, 0.3) is 0 Å². The number of hydrogen-bond donors (Lipinski definition) is 0. The first kappa shape index (κ1) is 48.6. The Bertz CT molecular complexity index is 2360. The third-order valence-electron chi connectivity index (χ3n) is 11.8. The molecule has 0 N–H and O–H groups in total. The summed E-state index contributed by atoms with van der Waals surface area (Å²) in [5.74, 6) is -0.594. The van der Waals surface area contributed by atoms with Gasteiger partial charge in [-0.05, 0) is 46.9 Å². The third kappa shape index (κ3) is 13.7. The Balaban J connectivity index is 1.20. The highest BCUT2D eigenvalue weighted by molar-refractivity contribution is 5.89. The van der Waals surface area contributed by atoms with Crippen LogP contribution in [0.15, 0.2) is 195 Å². The molecule has 11 heteroatoms. The second-order valence-corrected chi connectivity index (χ2v) is 16.8. The first-order valence-corrected chi connectivity index (χ1v) is 23.2. The van der Waals surface area contributed by atoms with E-state index in [1.54, 1.807) is 30.3 Å². The zero-order valence-corrected chi connectivity index (χ0v) is 38.3. The van der Waals surface area contributed by atoms with Gasteiger partial charge in [0.05, 0.1) is 57.9 Å². The zero-order chi connectivity index (χ0) is 46.8. The highest BCUT2D eigenvalue weighted by Crippen LogP contribution is 2.37. The van der Waals surface area contributed by atoms with Crippen LogP contribution in [-0.2, 0) is 80.4 Å². The van der Waals surface area contributed by atoms with E-state index in [1.165, 1.54) is 0 Å². The number of hydrogen-bond acceptors (Lipinski definition) is 11. The van der Waals surface area contributed by atoms with Crippen molar-refractivity contribution < 1.29 is 52.2 Å². The van der Waals surface area contributed by atoms with E-state index in [-0.39, 0.29) is 39.6 Å². The van der Waals surface area contributed by atoms with Crippen LogP contribution < -0.4 is 0 Å². The van der Waals surface area contributed by atoms with Crippen molar-refractivity contribution in [3.8, 4) is 0 Å². The summed E-state index contributed by atoms with van der Waals surface area (Å²) in [5, 5.41) is 0. The van der Waals surface area contributed by atoms with Crippen LogP contribution >= 0.6 is 0 Å². The minimum atomic E-state index is -1.17. The van der Waals surface area contributed by atoms with Gasteiger partial charge in [0.1, 0.15) is 36.6 Å². The third-order valence-corrected chi connectivity index (χ3v) is 11.8. The molecule has 6 aromatic rings. The van der Waals surface area contributed by atoms with Crippen LogP contribution in [0, 0.1) is 0 Å². The Morgan fingerprint density at radius 3 is 1.38 bits per heavy atom. The molecule has 0 spiro atoms. The van der Waals surface area contributed by atoms with Crippen LogP contribution in [0.4, 0.5) is 0 Å². The summed E-state index contributed by atoms with van der Waals surface area (Å²) in [7, 11) is 0. The fourth-order valence-corrected chi connectivity index (χ4v) is 8.32. The molecule has 0 bridgehead atoms. The van der Waals surface area contributed by atoms with Gasteiger partial charge < -0.3 is 47.4 Å².